The molecule has 0 aliphatic carbocycles. The summed E-state index contributed by atoms with van der Waals surface area (Å²) in [4.78, 5) is 28.2. The van der Waals surface area contributed by atoms with Crippen LogP contribution in [0.4, 0.5) is 4.79 Å². The van der Waals surface area contributed by atoms with Crippen LogP contribution in [0.25, 0.3) is 0 Å². The van der Waals surface area contributed by atoms with Crippen LogP contribution >= 0.6 is 15.9 Å². The molecule has 1 heterocycles. The van der Waals surface area contributed by atoms with E-state index in [0.29, 0.717) is 39.2 Å². The highest BCUT2D eigenvalue weighted by molar-refractivity contribution is 9.10. The van der Waals surface area contributed by atoms with Crippen LogP contribution in [-0.4, -0.2) is 80.4 Å². The van der Waals surface area contributed by atoms with Crippen LogP contribution in [0, 0.1) is 0 Å². The van der Waals surface area contributed by atoms with Crippen LogP contribution < -0.4 is 0 Å². The highest BCUT2D eigenvalue weighted by atomic mass is 79.9. The van der Waals surface area contributed by atoms with Crippen molar-refractivity contribution in [3.63, 3.8) is 0 Å². The molecule has 0 N–H and O–H groups in total. The lowest BCUT2D eigenvalue weighted by atomic mass is 10.1. The number of carbonyl (C=O) groups is 2. The molecule has 2 aromatic carbocycles. The maximum absolute atomic E-state index is 13.4. The molecule has 33 heavy (non-hydrogen) atoms. The van der Waals surface area contributed by atoms with Gasteiger partial charge in [0.25, 0.3) is 0 Å². The quantitative estimate of drug-likeness (QED) is 0.516. The Morgan fingerprint density at radius 2 is 1.58 bits per heavy atom. The molecule has 0 unspecified atom stereocenters. The van der Waals surface area contributed by atoms with E-state index in [1.807, 2.05) is 30.3 Å². The van der Waals surface area contributed by atoms with Gasteiger partial charge in [-0.2, -0.15) is 4.31 Å². The second-order valence-corrected chi connectivity index (χ2v) is 10.4. The summed E-state index contributed by atoms with van der Waals surface area (Å²) in [6.07, 6.45) is 0.0902. The third-order valence-electron chi connectivity index (χ3n) is 5.41. The molecule has 0 spiro atoms. The third-order valence-corrected chi connectivity index (χ3v) is 7.80. The van der Waals surface area contributed by atoms with E-state index in [2.05, 4.69) is 15.9 Å². The molecule has 1 saturated heterocycles. The molecular formula is C23H28BrN3O5S. The summed E-state index contributed by atoms with van der Waals surface area (Å²) in [5.74, 6) is -0.285. The lowest BCUT2D eigenvalue weighted by Gasteiger charge is -2.35. The Hall–Kier alpha value is -2.43. The summed E-state index contributed by atoms with van der Waals surface area (Å²) >= 11 is 3.32. The van der Waals surface area contributed by atoms with Gasteiger partial charge in [0.1, 0.15) is 0 Å². The lowest BCUT2D eigenvalue weighted by Crippen LogP contribution is -2.53. The Morgan fingerprint density at radius 3 is 2.18 bits per heavy atom. The zero-order valence-corrected chi connectivity index (χ0v) is 20.9. The fraction of sp³-hybridized carbons (Fsp3) is 0.391. The zero-order valence-electron chi connectivity index (χ0n) is 18.5. The van der Waals surface area contributed by atoms with Crippen LogP contribution in [0.15, 0.2) is 64.0 Å². The molecule has 178 valence electrons. The minimum Gasteiger partial charge on any atom is -0.450 e. The molecule has 2 aromatic rings. The molecule has 0 aromatic heterocycles. The minimum absolute atomic E-state index is 0.138. The first kappa shape index (κ1) is 25.2. The first-order valence-corrected chi connectivity index (χ1v) is 13.0. The number of amides is 2. The van der Waals surface area contributed by atoms with Gasteiger partial charge in [0.05, 0.1) is 18.0 Å². The molecule has 0 radical (unpaired) electrons. The minimum atomic E-state index is -3.87. The van der Waals surface area contributed by atoms with Crippen LogP contribution in [-0.2, 0) is 26.0 Å². The van der Waals surface area contributed by atoms with E-state index in [9.17, 15) is 18.0 Å². The second kappa shape index (κ2) is 11.6. The van der Waals surface area contributed by atoms with Crippen LogP contribution in [0.1, 0.15) is 12.5 Å². The number of sulfonamides is 1. The maximum Gasteiger partial charge on any atom is 0.409 e. The summed E-state index contributed by atoms with van der Waals surface area (Å²) in [5, 5.41) is 0. The smallest absolute Gasteiger partial charge is 0.409 e. The normalized spacial score (nSPS) is 14.4. The van der Waals surface area contributed by atoms with Crippen molar-refractivity contribution in [3.05, 3.63) is 64.6 Å². The molecule has 2 amide bonds. The van der Waals surface area contributed by atoms with Crippen molar-refractivity contribution in [2.75, 3.05) is 45.9 Å². The first-order chi connectivity index (χ1) is 15.8. The van der Waals surface area contributed by atoms with Gasteiger partial charge < -0.3 is 14.5 Å². The average molecular weight is 538 g/mol. The van der Waals surface area contributed by atoms with E-state index in [4.69, 9.17) is 4.74 Å². The zero-order chi connectivity index (χ0) is 23.8. The van der Waals surface area contributed by atoms with Crippen molar-refractivity contribution < 1.29 is 22.7 Å². The number of piperazine rings is 1. The predicted molar refractivity (Wildman–Crippen MR) is 128 cm³/mol. The van der Waals surface area contributed by atoms with Crippen molar-refractivity contribution >= 4 is 38.0 Å². The van der Waals surface area contributed by atoms with E-state index < -0.39 is 16.1 Å². The number of nitrogens with zero attached hydrogens (tertiary/aromatic N) is 3. The van der Waals surface area contributed by atoms with E-state index in [0.717, 1.165) is 10.0 Å². The lowest BCUT2D eigenvalue weighted by molar-refractivity contribution is -0.133. The van der Waals surface area contributed by atoms with Gasteiger partial charge in [0.2, 0.25) is 15.9 Å². The van der Waals surface area contributed by atoms with Crippen LogP contribution in [0.3, 0.4) is 0 Å². The molecule has 1 aliphatic heterocycles. The monoisotopic (exact) mass is 537 g/mol. The highest BCUT2D eigenvalue weighted by Crippen LogP contribution is 2.20. The number of hydrogen-bond acceptors (Lipinski definition) is 5. The SMILES string of the molecule is CCOC(=O)N1CCN(C(=O)CN(CCc2ccccc2)S(=O)(=O)c2ccc(Br)cc2)CC1. The molecule has 1 fully saturated rings. The summed E-state index contributed by atoms with van der Waals surface area (Å²) in [7, 11) is -3.87. The number of rotatable bonds is 8. The van der Waals surface area contributed by atoms with Crippen LogP contribution in [0.5, 0.6) is 0 Å². The maximum atomic E-state index is 13.4. The summed E-state index contributed by atoms with van der Waals surface area (Å²) < 4.78 is 33.8. The largest absolute Gasteiger partial charge is 0.450 e. The van der Waals surface area contributed by atoms with Gasteiger partial charge >= 0.3 is 6.09 Å². The number of hydrogen-bond donors (Lipinski definition) is 0. The summed E-state index contributed by atoms with van der Waals surface area (Å²) in [6, 6.07) is 15.9. The van der Waals surface area contributed by atoms with Crippen LogP contribution in [0.2, 0.25) is 0 Å². The molecule has 0 saturated carbocycles. The number of benzene rings is 2. The Labute approximate surface area is 203 Å². The average Bonchev–Trinajstić information content (AvgIpc) is 2.82. The summed E-state index contributed by atoms with van der Waals surface area (Å²) in [5.41, 5.74) is 0.990. The number of ether oxygens (including phenoxy) is 1. The molecule has 1 aliphatic rings. The molecule has 8 nitrogen and oxygen atoms in total. The number of carbonyl (C=O) groups excluding carboxylic acids is 2. The third kappa shape index (κ3) is 6.78. The molecular weight excluding hydrogens is 510 g/mol. The Balaban J connectivity index is 1.71. The fourth-order valence-electron chi connectivity index (χ4n) is 3.54. The van der Waals surface area contributed by atoms with Gasteiger partial charge in [-0.15, -0.1) is 0 Å². The van der Waals surface area contributed by atoms with E-state index >= 15 is 0 Å². The highest BCUT2D eigenvalue weighted by Gasteiger charge is 2.30. The van der Waals surface area contributed by atoms with Gasteiger partial charge in [-0.1, -0.05) is 46.3 Å². The Kier molecular flexibility index (Phi) is 8.87. The van der Waals surface area contributed by atoms with Gasteiger partial charge in [-0.05, 0) is 43.2 Å². The topological polar surface area (TPSA) is 87.2 Å². The van der Waals surface area contributed by atoms with Gasteiger partial charge in [-0.3, -0.25) is 4.79 Å². The van der Waals surface area contributed by atoms with Crippen molar-refractivity contribution in [2.24, 2.45) is 0 Å². The number of halogens is 1. The predicted octanol–water partition coefficient (Wildman–Crippen LogP) is 2.98. The van der Waals surface area contributed by atoms with Gasteiger partial charge in [0.15, 0.2) is 0 Å². The van der Waals surface area contributed by atoms with E-state index in [1.54, 1.807) is 28.9 Å². The molecule has 10 heteroatoms. The Bertz CT molecular complexity index is 1040. The molecule has 0 atom stereocenters. The summed E-state index contributed by atoms with van der Waals surface area (Å²) in [6.45, 7) is 3.34. The fourth-order valence-corrected chi connectivity index (χ4v) is 5.20. The van der Waals surface area contributed by atoms with Crippen molar-refractivity contribution in [2.45, 2.75) is 18.2 Å². The standard InChI is InChI=1S/C23H28BrN3O5S/c1-2-32-23(29)26-16-14-25(15-17-26)22(28)18-27(13-12-19-6-4-3-5-7-19)33(30,31)21-10-8-20(24)9-11-21/h3-11H,2,12-18H2,1H3. The van der Waals surface area contributed by atoms with E-state index in [1.165, 1.54) is 16.4 Å². The van der Waals surface area contributed by atoms with Crippen molar-refractivity contribution in [1.82, 2.24) is 14.1 Å². The van der Waals surface area contributed by atoms with E-state index in [-0.39, 0.29) is 23.9 Å². The Morgan fingerprint density at radius 1 is 0.970 bits per heavy atom. The van der Waals surface area contributed by atoms with Gasteiger partial charge in [0, 0.05) is 37.2 Å². The molecule has 3 rings (SSSR count). The first-order valence-electron chi connectivity index (χ1n) is 10.8. The molecule has 0 bridgehead atoms. The van der Waals surface area contributed by atoms with Gasteiger partial charge in [-0.25, -0.2) is 13.2 Å². The second-order valence-electron chi connectivity index (χ2n) is 7.59. The van der Waals surface area contributed by atoms with Crippen molar-refractivity contribution in [3.8, 4) is 0 Å². The van der Waals surface area contributed by atoms with Crippen molar-refractivity contribution in [1.29, 1.82) is 0 Å².